The van der Waals surface area contributed by atoms with Crippen molar-refractivity contribution < 1.29 is 19.2 Å². The number of hydrogen-bond donors (Lipinski definition) is 2. The molecule has 0 radical (unpaired) electrons. The zero-order valence-corrected chi connectivity index (χ0v) is 21.1. The molecule has 5 rings (SSSR count). The van der Waals surface area contributed by atoms with Crippen molar-refractivity contribution in [3.05, 3.63) is 83.4 Å². The molecule has 3 aromatic carbocycles. The molecular formula is C30H29N3O4. The maximum absolute atomic E-state index is 13.5. The highest BCUT2D eigenvalue weighted by Crippen LogP contribution is 2.50. The van der Waals surface area contributed by atoms with Gasteiger partial charge in [-0.05, 0) is 59.0 Å². The molecule has 1 saturated heterocycles. The second-order valence-corrected chi connectivity index (χ2v) is 10.5. The van der Waals surface area contributed by atoms with Crippen LogP contribution in [0.2, 0.25) is 0 Å². The molecule has 3 aromatic rings. The topological polar surface area (TPSA) is 95.6 Å². The van der Waals surface area contributed by atoms with Crippen molar-refractivity contribution in [1.29, 1.82) is 0 Å². The Kier molecular flexibility index (Phi) is 5.94. The van der Waals surface area contributed by atoms with E-state index in [1.807, 2.05) is 66.7 Å². The van der Waals surface area contributed by atoms with E-state index in [9.17, 15) is 19.2 Å². The molecule has 1 heterocycles. The van der Waals surface area contributed by atoms with Crippen LogP contribution in [0.1, 0.15) is 43.9 Å². The number of benzene rings is 3. The number of anilines is 2. The standard InChI is InChI=1S/C30H29N3O4/c1-29(2)25-14-20(31-18-34)9-11-23(25)24-12-10-21(15-26(24)29)32-28(37)30(3)16-22(35)17-33(30)27(36)13-19-7-5-4-6-8-19/h4-12,14-15,18H,13,16-17H2,1-3H3,(H,31,34)(H,32,37). The van der Waals surface area contributed by atoms with Gasteiger partial charge in [-0.1, -0.05) is 56.3 Å². The van der Waals surface area contributed by atoms with Crippen molar-refractivity contribution in [3.8, 4) is 11.1 Å². The highest BCUT2D eigenvalue weighted by Gasteiger charge is 2.49. The average Bonchev–Trinajstić information content (AvgIpc) is 3.30. The molecule has 1 fully saturated rings. The Balaban J connectivity index is 1.40. The lowest BCUT2D eigenvalue weighted by Gasteiger charge is -2.33. The van der Waals surface area contributed by atoms with Crippen LogP contribution in [0.25, 0.3) is 11.1 Å². The van der Waals surface area contributed by atoms with Gasteiger partial charge < -0.3 is 15.5 Å². The summed E-state index contributed by atoms with van der Waals surface area (Å²) in [7, 11) is 0. The van der Waals surface area contributed by atoms with E-state index in [4.69, 9.17) is 0 Å². The van der Waals surface area contributed by atoms with Gasteiger partial charge in [0, 0.05) is 23.2 Å². The Morgan fingerprint density at radius 3 is 2.19 bits per heavy atom. The molecule has 3 amide bonds. The van der Waals surface area contributed by atoms with Gasteiger partial charge >= 0.3 is 0 Å². The fourth-order valence-electron chi connectivity index (χ4n) is 5.56. The summed E-state index contributed by atoms with van der Waals surface area (Å²) < 4.78 is 0. The van der Waals surface area contributed by atoms with Crippen LogP contribution >= 0.6 is 0 Å². The molecule has 0 bridgehead atoms. The number of Topliss-reactive ketones (excluding diaryl/α,β-unsaturated/α-hetero) is 1. The van der Waals surface area contributed by atoms with Crippen LogP contribution in [0.3, 0.4) is 0 Å². The summed E-state index contributed by atoms with van der Waals surface area (Å²) in [5, 5.41) is 5.69. The van der Waals surface area contributed by atoms with Gasteiger partial charge in [-0.15, -0.1) is 0 Å². The first-order chi connectivity index (χ1) is 17.6. The second-order valence-electron chi connectivity index (χ2n) is 10.5. The molecule has 1 aliphatic heterocycles. The lowest BCUT2D eigenvalue weighted by Crippen LogP contribution is -2.53. The van der Waals surface area contributed by atoms with E-state index in [-0.39, 0.29) is 42.4 Å². The summed E-state index contributed by atoms with van der Waals surface area (Å²) in [6, 6.07) is 20.9. The number of carbonyl (C=O) groups is 4. The normalized spacial score (nSPS) is 19.2. The molecule has 1 aliphatic carbocycles. The van der Waals surface area contributed by atoms with E-state index in [1.54, 1.807) is 6.92 Å². The van der Waals surface area contributed by atoms with Crippen LogP contribution in [0.15, 0.2) is 66.7 Å². The van der Waals surface area contributed by atoms with Gasteiger partial charge in [0.05, 0.1) is 13.0 Å². The Bertz CT molecular complexity index is 1430. The largest absolute Gasteiger partial charge is 0.329 e. The number of nitrogens with one attached hydrogen (secondary N) is 2. The Labute approximate surface area is 215 Å². The molecule has 0 spiro atoms. The summed E-state index contributed by atoms with van der Waals surface area (Å²) in [6.07, 6.45) is 0.768. The minimum atomic E-state index is -1.27. The summed E-state index contributed by atoms with van der Waals surface area (Å²) in [4.78, 5) is 51.4. The summed E-state index contributed by atoms with van der Waals surface area (Å²) in [5.74, 6) is -0.769. The number of carbonyl (C=O) groups excluding carboxylic acids is 4. The molecule has 7 heteroatoms. The van der Waals surface area contributed by atoms with Gasteiger partial charge in [-0.3, -0.25) is 19.2 Å². The maximum Gasteiger partial charge on any atom is 0.250 e. The third kappa shape index (κ3) is 4.20. The van der Waals surface area contributed by atoms with Crippen molar-refractivity contribution in [2.75, 3.05) is 17.2 Å². The zero-order chi connectivity index (χ0) is 26.4. The van der Waals surface area contributed by atoms with Gasteiger partial charge in [0.15, 0.2) is 5.78 Å². The van der Waals surface area contributed by atoms with Crippen LogP contribution < -0.4 is 10.6 Å². The Hall–Kier alpha value is -4.26. The fraction of sp³-hybridized carbons (Fsp3) is 0.267. The Morgan fingerprint density at radius 2 is 1.54 bits per heavy atom. The van der Waals surface area contributed by atoms with Crippen molar-refractivity contribution in [2.24, 2.45) is 0 Å². The van der Waals surface area contributed by atoms with E-state index in [1.165, 1.54) is 4.90 Å². The summed E-state index contributed by atoms with van der Waals surface area (Å²) >= 11 is 0. The van der Waals surface area contributed by atoms with Crippen LogP contribution in [0, 0.1) is 0 Å². The van der Waals surface area contributed by atoms with Crippen molar-refractivity contribution >= 4 is 35.4 Å². The number of fused-ring (bicyclic) bond motifs is 3. The van der Waals surface area contributed by atoms with Crippen LogP contribution in [-0.4, -0.2) is 41.0 Å². The molecule has 2 N–H and O–H groups in total. The van der Waals surface area contributed by atoms with Gasteiger partial charge in [0.25, 0.3) is 5.91 Å². The predicted octanol–water partition coefficient (Wildman–Crippen LogP) is 4.30. The maximum atomic E-state index is 13.5. The number of hydrogen-bond acceptors (Lipinski definition) is 4. The Morgan fingerprint density at radius 1 is 0.919 bits per heavy atom. The quantitative estimate of drug-likeness (QED) is 0.499. The zero-order valence-electron chi connectivity index (χ0n) is 21.1. The molecule has 0 aromatic heterocycles. The number of nitrogens with zero attached hydrogens (tertiary/aromatic N) is 1. The van der Waals surface area contributed by atoms with Crippen LogP contribution in [-0.2, 0) is 31.0 Å². The molecule has 188 valence electrons. The van der Waals surface area contributed by atoms with Crippen molar-refractivity contribution in [1.82, 2.24) is 4.90 Å². The van der Waals surface area contributed by atoms with E-state index >= 15 is 0 Å². The van der Waals surface area contributed by atoms with Crippen molar-refractivity contribution in [3.63, 3.8) is 0 Å². The SMILES string of the molecule is CC1(C)c2cc(NC=O)ccc2-c2ccc(NC(=O)C3(C)CC(=O)CN3C(=O)Cc3ccccc3)cc21. The van der Waals surface area contributed by atoms with E-state index in [2.05, 4.69) is 24.5 Å². The molecule has 37 heavy (non-hydrogen) atoms. The lowest BCUT2D eigenvalue weighted by atomic mass is 9.82. The van der Waals surface area contributed by atoms with E-state index in [0.29, 0.717) is 12.1 Å². The molecular weight excluding hydrogens is 466 g/mol. The first kappa shape index (κ1) is 24.4. The van der Waals surface area contributed by atoms with Crippen LogP contribution in [0.5, 0.6) is 0 Å². The molecule has 1 unspecified atom stereocenters. The van der Waals surface area contributed by atoms with Gasteiger partial charge in [-0.2, -0.15) is 0 Å². The average molecular weight is 496 g/mol. The smallest absolute Gasteiger partial charge is 0.250 e. The van der Waals surface area contributed by atoms with Gasteiger partial charge in [-0.25, -0.2) is 0 Å². The monoisotopic (exact) mass is 495 g/mol. The number of amides is 3. The van der Waals surface area contributed by atoms with E-state index < -0.39 is 5.54 Å². The van der Waals surface area contributed by atoms with Crippen molar-refractivity contribution in [2.45, 2.75) is 44.6 Å². The van der Waals surface area contributed by atoms with Gasteiger partial charge in [0.1, 0.15) is 5.54 Å². The molecule has 7 nitrogen and oxygen atoms in total. The molecule has 1 atom stereocenters. The summed E-state index contributed by atoms with van der Waals surface area (Å²) in [5.41, 5.74) is 4.83. The van der Waals surface area contributed by atoms with Gasteiger partial charge in [0.2, 0.25) is 12.3 Å². The highest BCUT2D eigenvalue weighted by atomic mass is 16.2. The summed E-state index contributed by atoms with van der Waals surface area (Å²) in [6.45, 7) is 5.80. The third-order valence-corrected chi connectivity index (χ3v) is 7.62. The van der Waals surface area contributed by atoms with Crippen LogP contribution in [0.4, 0.5) is 11.4 Å². The predicted molar refractivity (Wildman–Crippen MR) is 142 cm³/mol. The molecule has 2 aliphatic rings. The molecule has 0 saturated carbocycles. The fourth-order valence-corrected chi connectivity index (χ4v) is 5.56. The highest BCUT2D eigenvalue weighted by molar-refractivity contribution is 6.07. The lowest BCUT2D eigenvalue weighted by molar-refractivity contribution is -0.141. The minimum Gasteiger partial charge on any atom is -0.329 e. The second kappa shape index (κ2) is 9.00. The number of ketones is 1. The number of rotatable bonds is 6. The first-order valence-electron chi connectivity index (χ1n) is 12.3. The minimum absolute atomic E-state index is 0.0201. The third-order valence-electron chi connectivity index (χ3n) is 7.62. The number of likely N-dealkylation sites (tertiary alicyclic amines) is 1. The van der Waals surface area contributed by atoms with E-state index in [0.717, 1.165) is 33.5 Å². The first-order valence-corrected chi connectivity index (χ1v) is 12.3.